The minimum Gasteiger partial charge on any atom is -0.385 e. The molecule has 1 aliphatic rings. The molecular weight excluding hydrogens is 332 g/mol. The van der Waals surface area contributed by atoms with E-state index < -0.39 is 0 Å². The van der Waals surface area contributed by atoms with Gasteiger partial charge in [-0.05, 0) is 42.5 Å². The van der Waals surface area contributed by atoms with Gasteiger partial charge in [0.1, 0.15) is 12.6 Å². The molecule has 0 saturated carbocycles. The van der Waals surface area contributed by atoms with Gasteiger partial charge in [0, 0.05) is 10.6 Å². The molecule has 0 amide bonds. The first kappa shape index (κ1) is 18.4. The van der Waals surface area contributed by atoms with Crippen LogP contribution in [0, 0.1) is 13.8 Å². The second kappa shape index (κ2) is 8.81. The van der Waals surface area contributed by atoms with Crippen molar-refractivity contribution in [3.63, 3.8) is 0 Å². The molecule has 1 aromatic heterocycles. The first-order chi connectivity index (χ1) is 12.1. The van der Waals surface area contributed by atoms with Crippen molar-refractivity contribution < 1.29 is 14.7 Å². The molecule has 4 nitrogen and oxygen atoms in total. The molecule has 3 rings (SSSR count). The number of aliphatic hydroxyl groups excluding tert-OH is 1. The summed E-state index contributed by atoms with van der Waals surface area (Å²) in [5.41, 5.74) is 4.09. The van der Waals surface area contributed by atoms with Gasteiger partial charge in [0.25, 0.3) is 0 Å². The number of nitrogens with one attached hydrogen (secondary N) is 1. The van der Waals surface area contributed by atoms with Crippen LogP contribution in [0.2, 0.25) is 0 Å². The Morgan fingerprint density at radius 3 is 2.72 bits per heavy atom. The third-order valence-electron chi connectivity index (χ3n) is 5.05. The highest BCUT2D eigenvalue weighted by atomic mass is 32.1. The van der Waals surface area contributed by atoms with Gasteiger partial charge in [0.2, 0.25) is 0 Å². The fourth-order valence-corrected chi connectivity index (χ4v) is 4.07. The van der Waals surface area contributed by atoms with Crippen LogP contribution in [0.25, 0.3) is 0 Å². The van der Waals surface area contributed by atoms with Crippen molar-refractivity contribution in [2.75, 3.05) is 44.2 Å². The molecule has 5 heteroatoms. The van der Waals surface area contributed by atoms with Crippen LogP contribution < -0.4 is 9.80 Å². The Hall–Kier alpha value is -1.40. The van der Waals surface area contributed by atoms with Crippen LogP contribution >= 0.6 is 11.3 Å². The van der Waals surface area contributed by atoms with Crippen molar-refractivity contribution in [2.24, 2.45) is 0 Å². The summed E-state index contributed by atoms with van der Waals surface area (Å²) >= 11 is 1.69. The van der Waals surface area contributed by atoms with Crippen LogP contribution in [-0.2, 0) is 11.3 Å². The van der Waals surface area contributed by atoms with E-state index >= 15 is 0 Å². The lowest BCUT2D eigenvalue weighted by molar-refractivity contribution is -0.903. The number of aryl methyl sites for hydroxylation is 1. The Kier molecular flexibility index (Phi) is 6.48. The van der Waals surface area contributed by atoms with E-state index in [1.807, 2.05) is 6.07 Å². The fraction of sp³-hybridized carbons (Fsp3) is 0.500. The highest BCUT2D eigenvalue weighted by molar-refractivity contribution is 7.09. The molecule has 2 N–H and O–H groups in total. The van der Waals surface area contributed by atoms with E-state index in [1.165, 1.54) is 26.6 Å². The number of hydrogen-bond donors (Lipinski definition) is 2. The maximum Gasteiger partial charge on any atom is 0.126 e. The van der Waals surface area contributed by atoms with Gasteiger partial charge in [0.05, 0.1) is 39.4 Å². The zero-order valence-electron chi connectivity index (χ0n) is 15.2. The molecule has 136 valence electrons. The molecule has 1 atom stereocenters. The predicted molar refractivity (Wildman–Crippen MR) is 104 cm³/mol. The minimum atomic E-state index is -0.387. The van der Waals surface area contributed by atoms with E-state index in [9.17, 15) is 5.11 Å². The van der Waals surface area contributed by atoms with Crippen molar-refractivity contribution >= 4 is 17.0 Å². The van der Waals surface area contributed by atoms with Crippen molar-refractivity contribution in [2.45, 2.75) is 26.6 Å². The average Bonchev–Trinajstić information content (AvgIpc) is 3.12. The molecule has 0 radical (unpaired) electrons. The topological polar surface area (TPSA) is 37.1 Å². The molecule has 2 aromatic rings. The van der Waals surface area contributed by atoms with Gasteiger partial charge in [-0.2, -0.15) is 0 Å². The number of nitrogens with zero attached hydrogens (tertiary/aromatic N) is 1. The second-order valence-corrected chi connectivity index (χ2v) is 7.94. The SMILES string of the molecule is Cc1cccc(N2CC[NH+](C[C@H](O)COCc3cccs3)CC2)c1C. The first-order valence-electron chi connectivity index (χ1n) is 9.06. The number of thiophene rings is 1. The molecule has 1 fully saturated rings. The standard InChI is InChI=1S/C20H28N2O2S/c1-16-5-3-7-20(17(16)2)22-10-8-21(9-11-22)13-18(23)14-24-15-19-6-4-12-25-19/h3-7,12,18,23H,8-11,13-15H2,1-2H3/p+1/t18-/m0/s1. The van der Waals surface area contributed by atoms with E-state index in [2.05, 4.69) is 48.4 Å². The fourth-order valence-electron chi connectivity index (χ4n) is 3.43. The molecule has 0 unspecified atom stereocenters. The van der Waals surface area contributed by atoms with E-state index in [0.717, 1.165) is 32.7 Å². The lowest BCUT2D eigenvalue weighted by Gasteiger charge is -2.35. The highest BCUT2D eigenvalue weighted by Gasteiger charge is 2.23. The number of benzene rings is 1. The Bertz CT molecular complexity index is 652. The van der Waals surface area contributed by atoms with Gasteiger partial charge in [-0.25, -0.2) is 0 Å². The summed E-state index contributed by atoms with van der Waals surface area (Å²) in [4.78, 5) is 5.15. The van der Waals surface area contributed by atoms with Gasteiger partial charge in [0.15, 0.2) is 0 Å². The Morgan fingerprint density at radius 1 is 1.20 bits per heavy atom. The lowest BCUT2D eigenvalue weighted by Crippen LogP contribution is -3.16. The van der Waals surface area contributed by atoms with Crippen molar-refractivity contribution in [1.82, 2.24) is 0 Å². The molecule has 0 aliphatic carbocycles. The molecule has 1 aliphatic heterocycles. The third kappa shape index (κ3) is 5.05. The quantitative estimate of drug-likeness (QED) is 0.787. The molecule has 0 bridgehead atoms. The molecule has 25 heavy (non-hydrogen) atoms. The van der Waals surface area contributed by atoms with Crippen molar-refractivity contribution in [3.05, 3.63) is 51.7 Å². The van der Waals surface area contributed by atoms with Crippen molar-refractivity contribution in [3.8, 4) is 0 Å². The second-order valence-electron chi connectivity index (χ2n) is 6.91. The van der Waals surface area contributed by atoms with Gasteiger partial charge >= 0.3 is 0 Å². The van der Waals surface area contributed by atoms with E-state index in [1.54, 1.807) is 11.3 Å². The minimum absolute atomic E-state index is 0.387. The largest absolute Gasteiger partial charge is 0.385 e. The summed E-state index contributed by atoms with van der Waals surface area (Å²) in [5, 5.41) is 12.3. The molecule has 1 saturated heterocycles. The zero-order valence-corrected chi connectivity index (χ0v) is 16.0. The smallest absolute Gasteiger partial charge is 0.126 e. The first-order valence-corrected chi connectivity index (χ1v) is 9.94. The summed E-state index contributed by atoms with van der Waals surface area (Å²) in [5.74, 6) is 0. The van der Waals surface area contributed by atoms with E-state index in [4.69, 9.17) is 4.74 Å². The number of quaternary nitrogens is 1. The average molecular weight is 362 g/mol. The number of ether oxygens (including phenoxy) is 1. The number of anilines is 1. The van der Waals surface area contributed by atoms with Gasteiger partial charge < -0.3 is 19.6 Å². The number of piperazine rings is 1. The van der Waals surface area contributed by atoms with Gasteiger partial charge in [-0.15, -0.1) is 11.3 Å². The Labute approximate surface area is 154 Å². The van der Waals surface area contributed by atoms with Crippen LogP contribution in [0.15, 0.2) is 35.7 Å². The highest BCUT2D eigenvalue weighted by Crippen LogP contribution is 2.22. The zero-order chi connectivity index (χ0) is 17.6. The normalized spacial score (nSPS) is 17.0. The van der Waals surface area contributed by atoms with Crippen LogP contribution in [-0.4, -0.2) is 50.5 Å². The maximum atomic E-state index is 10.2. The Morgan fingerprint density at radius 2 is 2.00 bits per heavy atom. The lowest BCUT2D eigenvalue weighted by atomic mass is 10.1. The summed E-state index contributed by atoms with van der Waals surface area (Å²) in [6, 6.07) is 10.6. The van der Waals surface area contributed by atoms with Crippen LogP contribution in [0.1, 0.15) is 16.0 Å². The molecule has 0 spiro atoms. The van der Waals surface area contributed by atoms with Crippen LogP contribution in [0.3, 0.4) is 0 Å². The predicted octanol–water partition coefficient (Wildman–Crippen LogP) is 1.65. The number of hydrogen-bond acceptors (Lipinski definition) is 4. The van der Waals surface area contributed by atoms with Crippen molar-refractivity contribution in [1.29, 1.82) is 0 Å². The van der Waals surface area contributed by atoms with Gasteiger partial charge in [-0.1, -0.05) is 18.2 Å². The monoisotopic (exact) mass is 361 g/mol. The molecule has 2 heterocycles. The third-order valence-corrected chi connectivity index (χ3v) is 5.90. The number of aliphatic hydroxyl groups is 1. The summed E-state index contributed by atoms with van der Waals surface area (Å²) in [6.45, 7) is 10.4. The Balaban J connectivity index is 1.40. The van der Waals surface area contributed by atoms with E-state index in [-0.39, 0.29) is 6.10 Å². The summed E-state index contributed by atoms with van der Waals surface area (Å²) in [6.07, 6.45) is -0.387. The molecular formula is C20H29N2O2S+. The van der Waals surface area contributed by atoms with Gasteiger partial charge in [-0.3, -0.25) is 0 Å². The summed E-state index contributed by atoms with van der Waals surface area (Å²) < 4.78 is 5.64. The van der Waals surface area contributed by atoms with Crippen LogP contribution in [0.4, 0.5) is 5.69 Å². The maximum absolute atomic E-state index is 10.2. The summed E-state index contributed by atoms with van der Waals surface area (Å²) in [7, 11) is 0. The molecule has 1 aromatic carbocycles. The number of rotatable bonds is 7. The van der Waals surface area contributed by atoms with Crippen LogP contribution in [0.5, 0.6) is 0 Å². The van der Waals surface area contributed by atoms with E-state index in [0.29, 0.717) is 13.2 Å².